The lowest BCUT2D eigenvalue weighted by molar-refractivity contribution is -0.143. The van der Waals surface area contributed by atoms with Crippen molar-refractivity contribution >= 4 is 28.4 Å². The van der Waals surface area contributed by atoms with E-state index in [-0.39, 0.29) is 12.1 Å². The molecule has 188 valence electrons. The van der Waals surface area contributed by atoms with Gasteiger partial charge < -0.3 is 15.1 Å². The van der Waals surface area contributed by atoms with E-state index in [1.807, 2.05) is 11.9 Å². The van der Waals surface area contributed by atoms with Crippen LogP contribution >= 0.6 is 0 Å². The lowest BCUT2D eigenvalue weighted by Crippen LogP contribution is -2.50. The molecule has 35 heavy (non-hydrogen) atoms. The lowest BCUT2D eigenvalue weighted by atomic mass is 10.0. The van der Waals surface area contributed by atoms with E-state index in [0.717, 1.165) is 6.42 Å². The average Bonchev–Trinajstić information content (AvgIpc) is 3.30. The fraction of sp³-hybridized carbons (Fsp3) is 0.429. The summed E-state index contributed by atoms with van der Waals surface area (Å²) in [5, 5.41) is 9.86. The Balaban J connectivity index is 1.44. The molecule has 14 heteroatoms. The van der Waals surface area contributed by atoms with Crippen LogP contribution in [-0.4, -0.2) is 63.7 Å². The molecular weight excluding hydrogens is 480 g/mol. The molecule has 0 spiro atoms. The number of halogens is 6. The first-order valence-corrected chi connectivity index (χ1v) is 10.6. The number of piperidine rings is 1. The van der Waals surface area contributed by atoms with Crippen molar-refractivity contribution in [3.05, 3.63) is 41.9 Å². The summed E-state index contributed by atoms with van der Waals surface area (Å²) in [7, 11) is 1.83. The van der Waals surface area contributed by atoms with Crippen molar-refractivity contribution in [2.45, 2.75) is 31.2 Å². The fourth-order valence-electron chi connectivity index (χ4n) is 4.05. The predicted molar refractivity (Wildman–Crippen MR) is 115 cm³/mol. The molecule has 1 aliphatic heterocycles. The van der Waals surface area contributed by atoms with Crippen molar-refractivity contribution in [3.8, 4) is 0 Å². The summed E-state index contributed by atoms with van der Waals surface area (Å²) in [5.74, 6) is 0.190. The number of aromatic nitrogens is 4. The monoisotopic (exact) mass is 501 g/mol. The summed E-state index contributed by atoms with van der Waals surface area (Å²) < 4.78 is 78.4. The predicted octanol–water partition coefficient (Wildman–Crippen LogP) is 3.93. The number of likely N-dealkylation sites (tertiary alicyclic amines) is 1. The van der Waals surface area contributed by atoms with Crippen molar-refractivity contribution in [1.29, 1.82) is 0 Å². The number of benzene rings is 1. The van der Waals surface area contributed by atoms with Gasteiger partial charge >= 0.3 is 12.4 Å². The van der Waals surface area contributed by atoms with Gasteiger partial charge in [0.05, 0.1) is 29.3 Å². The van der Waals surface area contributed by atoms with E-state index >= 15 is 0 Å². The van der Waals surface area contributed by atoms with Crippen molar-refractivity contribution in [2.24, 2.45) is 0 Å². The van der Waals surface area contributed by atoms with E-state index < -0.39 is 41.6 Å². The van der Waals surface area contributed by atoms with Crippen LogP contribution in [0.25, 0.3) is 11.0 Å². The van der Waals surface area contributed by atoms with Gasteiger partial charge in [-0.25, -0.2) is 9.97 Å². The van der Waals surface area contributed by atoms with Crippen molar-refractivity contribution < 1.29 is 31.1 Å². The number of fused-ring (bicyclic) bond motifs is 1. The van der Waals surface area contributed by atoms with Crippen LogP contribution in [-0.2, 0) is 17.1 Å². The third kappa shape index (κ3) is 5.41. The number of H-pyrrole nitrogens is 1. The Morgan fingerprint density at radius 1 is 1.14 bits per heavy atom. The van der Waals surface area contributed by atoms with Gasteiger partial charge in [-0.2, -0.15) is 31.4 Å². The van der Waals surface area contributed by atoms with E-state index in [4.69, 9.17) is 0 Å². The molecule has 8 nitrogen and oxygen atoms in total. The number of amides is 1. The molecule has 1 fully saturated rings. The molecule has 3 aromatic rings. The molecule has 0 bridgehead atoms. The van der Waals surface area contributed by atoms with Gasteiger partial charge in [-0.3, -0.25) is 9.89 Å². The molecule has 1 amide bonds. The summed E-state index contributed by atoms with van der Waals surface area (Å²) in [6.45, 7) is 0.289. The molecular formula is C21H21F6N7O. The number of nitrogens with one attached hydrogen (secondary N) is 2. The highest BCUT2D eigenvalue weighted by molar-refractivity contribution is 5.86. The number of carbonyl (C=O) groups is 1. The molecule has 4 rings (SSSR count). The summed E-state index contributed by atoms with van der Waals surface area (Å²) in [6.07, 6.45) is -5.50. The van der Waals surface area contributed by atoms with Gasteiger partial charge in [-0.15, -0.1) is 0 Å². The number of aromatic amines is 1. The van der Waals surface area contributed by atoms with Crippen LogP contribution < -0.4 is 10.2 Å². The second-order valence-corrected chi connectivity index (χ2v) is 8.22. The third-order valence-corrected chi connectivity index (χ3v) is 5.89. The maximum atomic E-state index is 13.1. The summed E-state index contributed by atoms with van der Waals surface area (Å²) in [5.41, 5.74) is -2.77. The zero-order chi connectivity index (χ0) is 25.4. The first-order valence-electron chi connectivity index (χ1n) is 10.6. The molecule has 0 aliphatic carbocycles. The number of hydrogen-bond donors (Lipinski definition) is 2. The largest absolute Gasteiger partial charge is 0.416 e. The van der Waals surface area contributed by atoms with Crippen molar-refractivity contribution in [1.82, 2.24) is 25.1 Å². The number of hydrogen-bond acceptors (Lipinski definition) is 6. The van der Waals surface area contributed by atoms with Crippen LogP contribution in [0.3, 0.4) is 0 Å². The van der Waals surface area contributed by atoms with Crippen LogP contribution in [0.4, 0.5) is 37.8 Å². The second-order valence-electron chi connectivity index (χ2n) is 8.22. The van der Waals surface area contributed by atoms with E-state index in [9.17, 15) is 31.1 Å². The van der Waals surface area contributed by atoms with Gasteiger partial charge in [0.2, 0.25) is 5.91 Å². The molecule has 1 atom stereocenters. The molecule has 2 N–H and O–H groups in total. The number of rotatable bonds is 5. The Hall–Kier alpha value is -3.58. The Labute approximate surface area is 195 Å². The maximum Gasteiger partial charge on any atom is 0.416 e. The van der Waals surface area contributed by atoms with Crippen LogP contribution in [0.2, 0.25) is 0 Å². The Kier molecular flexibility index (Phi) is 6.47. The Bertz CT molecular complexity index is 1180. The highest BCUT2D eigenvalue weighted by atomic mass is 19.4. The molecule has 0 saturated carbocycles. The Morgan fingerprint density at radius 3 is 2.49 bits per heavy atom. The number of nitrogens with zero attached hydrogens (tertiary/aromatic N) is 5. The van der Waals surface area contributed by atoms with Gasteiger partial charge in [-0.05, 0) is 31.0 Å². The topological polar surface area (TPSA) is 90.0 Å². The number of anilines is 2. The highest BCUT2D eigenvalue weighted by Crippen LogP contribution is 2.37. The van der Waals surface area contributed by atoms with Crippen molar-refractivity contribution in [2.75, 3.05) is 36.9 Å². The van der Waals surface area contributed by atoms with Gasteiger partial charge in [-0.1, -0.05) is 0 Å². The summed E-state index contributed by atoms with van der Waals surface area (Å²) >= 11 is 0. The standard InChI is InChI=1S/C21H21F6N7O/c1-33(19-16-8-31-32-18(16)29-11-30-19)15-3-2-4-34(10-15)17(35)9-28-14-6-12(20(22,23)24)5-13(7-14)21(25,26)27/h5-8,11,15,28H,2-4,9-10H2,1H3,(H,29,30,31,32). The van der Waals surface area contributed by atoms with E-state index in [1.54, 1.807) is 6.20 Å². The number of carbonyl (C=O) groups excluding carboxylic acids is 1. The minimum atomic E-state index is -4.96. The zero-order valence-electron chi connectivity index (χ0n) is 18.4. The third-order valence-electron chi connectivity index (χ3n) is 5.89. The molecule has 3 heterocycles. The second kappa shape index (κ2) is 9.23. The minimum Gasteiger partial charge on any atom is -0.376 e. The molecule has 0 radical (unpaired) electrons. The van der Waals surface area contributed by atoms with Crippen LogP contribution in [0.5, 0.6) is 0 Å². The van der Waals surface area contributed by atoms with Crippen LogP contribution in [0.15, 0.2) is 30.7 Å². The minimum absolute atomic E-state index is 0.0438. The summed E-state index contributed by atoms with van der Waals surface area (Å²) in [6, 6.07) is 1.05. The SMILES string of the molecule is CN(c1ncnc2[nH]ncc12)C1CCCN(C(=O)CNc2cc(C(F)(F)F)cc(C(F)(F)F)c2)C1. The zero-order valence-corrected chi connectivity index (χ0v) is 18.4. The first-order chi connectivity index (χ1) is 16.4. The normalized spacial score (nSPS) is 17.0. The van der Waals surface area contributed by atoms with E-state index in [2.05, 4.69) is 25.5 Å². The van der Waals surface area contributed by atoms with Gasteiger partial charge in [0.15, 0.2) is 5.65 Å². The smallest absolute Gasteiger partial charge is 0.376 e. The lowest BCUT2D eigenvalue weighted by Gasteiger charge is -2.38. The fourth-order valence-corrected chi connectivity index (χ4v) is 4.05. The highest BCUT2D eigenvalue weighted by Gasteiger charge is 2.37. The van der Waals surface area contributed by atoms with Crippen molar-refractivity contribution in [3.63, 3.8) is 0 Å². The van der Waals surface area contributed by atoms with Crippen LogP contribution in [0.1, 0.15) is 24.0 Å². The average molecular weight is 501 g/mol. The molecule has 2 aromatic heterocycles. The first kappa shape index (κ1) is 24.5. The number of alkyl halides is 6. The van der Waals surface area contributed by atoms with Gasteiger partial charge in [0, 0.05) is 31.9 Å². The Morgan fingerprint density at radius 2 is 1.83 bits per heavy atom. The van der Waals surface area contributed by atoms with Gasteiger partial charge in [0.1, 0.15) is 12.1 Å². The molecule has 1 aromatic carbocycles. The van der Waals surface area contributed by atoms with E-state index in [0.29, 0.717) is 48.5 Å². The number of likely N-dealkylation sites (N-methyl/N-ethyl adjacent to an activating group) is 1. The molecule has 1 aliphatic rings. The summed E-state index contributed by atoms with van der Waals surface area (Å²) in [4.78, 5) is 24.6. The molecule has 1 unspecified atom stereocenters. The van der Waals surface area contributed by atoms with E-state index in [1.165, 1.54) is 11.2 Å². The quantitative estimate of drug-likeness (QED) is 0.515. The van der Waals surface area contributed by atoms with Gasteiger partial charge in [0.25, 0.3) is 0 Å². The van der Waals surface area contributed by atoms with Crippen LogP contribution in [0, 0.1) is 0 Å². The maximum absolute atomic E-state index is 13.1. The molecule has 1 saturated heterocycles.